The first-order valence-electron chi connectivity index (χ1n) is 8.16. The van der Waals surface area contributed by atoms with Crippen molar-refractivity contribution in [2.75, 3.05) is 0 Å². The highest BCUT2D eigenvalue weighted by atomic mass is 32.2. The Hall–Kier alpha value is -3.05. The van der Waals surface area contributed by atoms with E-state index in [2.05, 4.69) is 19.9 Å². The summed E-state index contributed by atoms with van der Waals surface area (Å²) in [6, 6.07) is 7.33. The van der Waals surface area contributed by atoms with Crippen LogP contribution in [0.5, 0.6) is 0 Å². The first kappa shape index (κ1) is 18.3. The molecule has 28 heavy (non-hydrogen) atoms. The number of aliphatic imine (C=N–C) groups is 1. The number of hydrogen-bond donors (Lipinski definition) is 1. The van der Waals surface area contributed by atoms with Crippen LogP contribution in [0, 0.1) is 0 Å². The highest BCUT2D eigenvalue weighted by molar-refractivity contribution is 7.90. The van der Waals surface area contributed by atoms with Crippen molar-refractivity contribution in [2.24, 2.45) is 4.99 Å². The number of carbonyl (C=O) groups is 1. The van der Waals surface area contributed by atoms with Crippen molar-refractivity contribution in [3.63, 3.8) is 0 Å². The van der Waals surface area contributed by atoms with Gasteiger partial charge in [0.25, 0.3) is 15.9 Å². The Bertz CT molecular complexity index is 1150. The molecular formula is C17H14N4O5S2. The third-order valence-corrected chi connectivity index (χ3v) is 5.99. The van der Waals surface area contributed by atoms with Crippen LogP contribution in [-0.4, -0.2) is 36.4 Å². The molecule has 3 aromatic rings. The van der Waals surface area contributed by atoms with Crippen LogP contribution in [0.25, 0.3) is 11.4 Å². The molecule has 3 heterocycles. The Balaban J connectivity index is 1.43. The van der Waals surface area contributed by atoms with Crippen LogP contribution in [0.15, 0.2) is 55.5 Å². The van der Waals surface area contributed by atoms with Crippen LogP contribution in [0.1, 0.15) is 18.4 Å². The number of aromatic nitrogens is 2. The zero-order valence-corrected chi connectivity index (χ0v) is 16.2. The summed E-state index contributed by atoms with van der Waals surface area (Å²) in [5, 5.41) is 7.60. The zero-order valence-electron chi connectivity index (χ0n) is 14.5. The second kappa shape index (κ2) is 7.17. The van der Waals surface area contributed by atoms with Gasteiger partial charge in [0.1, 0.15) is 11.9 Å². The topological polar surface area (TPSA) is 124 Å². The van der Waals surface area contributed by atoms with Crippen molar-refractivity contribution in [3.05, 3.63) is 52.5 Å². The maximum absolute atomic E-state index is 12.2. The summed E-state index contributed by atoms with van der Waals surface area (Å²) in [5.41, 5.74) is 1.23. The van der Waals surface area contributed by atoms with Gasteiger partial charge in [-0.25, -0.2) is 13.2 Å². The maximum atomic E-state index is 12.2. The summed E-state index contributed by atoms with van der Waals surface area (Å²) in [4.78, 5) is 20.7. The highest BCUT2D eigenvalue weighted by Gasteiger charge is 2.31. The minimum absolute atomic E-state index is 0.109. The average Bonchev–Trinajstić information content (AvgIpc) is 3.40. The molecule has 0 unspecified atom stereocenters. The quantitative estimate of drug-likeness (QED) is 0.628. The lowest BCUT2D eigenvalue weighted by Gasteiger charge is -2.07. The lowest BCUT2D eigenvalue weighted by Crippen LogP contribution is -2.26. The van der Waals surface area contributed by atoms with E-state index in [0.717, 1.165) is 5.56 Å². The van der Waals surface area contributed by atoms with Gasteiger partial charge >= 0.3 is 5.97 Å². The standard InChI is InChI=1S/C17H14N4O5S2/c1-10(18-16-12-4-2-3-5-13(12)28(23,24)21-16)17(22)25-8-14-19-15(20-26-14)11-6-7-27-9-11/h2-7,9-10H,8H2,1H3,(H,18,21)/t10-/m0/s1. The molecule has 4 rings (SSSR count). The van der Waals surface area contributed by atoms with Crippen LogP contribution < -0.4 is 4.72 Å². The molecule has 1 aliphatic heterocycles. The van der Waals surface area contributed by atoms with E-state index in [1.54, 1.807) is 18.2 Å². The number of amidine groups is 1. The lowest BCUT2D eigenvalue weighted by molar-refractivity contribution is -0.146. The fourth-order valence-electron chi connectivity index (χ4n) is 2.55. The summed E-state index contributed by atoms with van der Waals surface area (Å²) in [7, 11) is -3.67. The fourth-order valence-corrected chi connectivity index (χ4v) is 4.43. The predicted molar refractivity (Wildman–Crippen MR) is 100 cm³/mol. The highest BCUT2D eigenvalue weighted by Crippen LogP contribution is 2.23. The van der Waals surface area contributed by atoms with Crippen molar-refractivity contribution >= 4 is 33.2 Å². The van der Waals surface area contributed by atoms with Gasteiger partial charge in [-0.15, -0.1) is 0 Å². The Morgan fingerprint density at radius 2 is 2.18 bits per heavy atom. The van der Waals surface area contributed by atoms with Gasteiger partial charge in [-0.05, 0) is 30.5 Å². The molecule has 0 bridgehead atoms. The van der Waals surface area contributed by atoms with Crippen molar-refractivity contribution in [1.82, 2.24) is 14.9 Å². The summed E-state index contributed by atoms with van der Waals surface area (Å²) < 4.78 is 36.7. The first-order valence-corrected chi connectivity index (χ1v) is 10.6. The molecule has 1 aromatic carbocycles. The molecule has 1 N–H and O–H groups in total. The molecular weight excluding hydrogens is 404 g/mol. The van der Waals surface area contributed by atoms with E-state index in [9.17, 15) is 13.2 Å². The van der Waals surface area contributed by atoms with Gasteiger partial charge in [-0.1, -0.05) is 17.3 Å². The molecule has 0 saturated carbocycles. The molecule has 2 aromatic heterocycles. The SMILES string of the molecule is C[C@H](N=C1NS(=O)(=O)c2ccccc21)C(=O)OCc1nc(-c2ccsc2)no1. The number of fused-ring (bicyclic) bond motifs is 1. The Morgan fingerprint density at radius 1 is 1.36 bits per heavy atom. The van der Waals surface area contributed by atoms with Crippen molar-refractivity contribution in [1.29, 1.82) is 0 Å². The molecule has 0 radical (unpaired) electrons. The third kappa shape index (κ3) is 3.53. The van der Waals surface area contributed by atoms with E-state index in [4.69, 9.17) is 9.26 Å². The smallest absolute Gasteiger partial charge is 0.331 e. The summed E-state index contributed by atoms with van der Waals surface area (Å²) in [6.07, 6.45) is 0. The van der Waals surface area contributed by atoms with Crippen LogP contribution >= 0.6 is 11.3 Å². The van der Waals surface area contributed by atoms with Crippen molar-refractivity contribution in [2.45, 2.75) is 24.5 Å². The Labute approximate surface area is 164 Å². The van der Waals surface area contributed by atoms with Gasteiger partial charge in [0.05, 0.1) is 4.90 Å². The van der Waals surface area contributed by atoms with Gasteiger partial charge < -0.3 is 9.26 Å². The number of thiophene rings is 1. The van der Waals surface area contributed by atoms with Crippen LogP contribution in [-0.2, 0) is 26.2 Å². The predicted octanol–water partition coefficient (Wildman–Crippen LogP) is 1.97. The number of nitrogens with zero attached hydrogens (tertiary/aromatic N) is 3. The first-order chi connectivity index (χ1) is 13.4. The molecule has 0 aliphatic carbocycles. The van der Waals surface area contributed by atoms with E-state index in [0.29, 0.717) is 11.4 Å². The number of ether oxygens (including phenoxy) is 1. The number of rotatable bonds is 5. The summed E-state index contributed by atoms with van der Waals surface area (Å²) in [6.45, 7) is 1.31. The second-order valence-corrected chi connectivity index (χ2v) is 8.32. The fraction of sp³-hybridized carbons (Fsp3) is 0.176. The zero-order chi connectivity index (χ0) is 19.7. The molecule has 0 fully saturated rings. The van der Waals surface area contributed by atoms with Gasteiger partial charge in [0.2, 0.25) is 5.82 Å². The molecule has 9 nitrogen and oxygen atoms in total. The molecule has 0 saturated heterocycles. The van der Waals surface area contributed by atoms with E-state index in [1.807, 2.05) is 16.8 Å². The van der Waals surface area contributed by atoms with Gasteiger partial charge in [-0.2, -0.15) is 16.3 Å². The van der Waals surface area contributed by atoms with Gasteiger partial charge in [-0.3, -0.25) is 9.71 Å². The van der Waals surface area contributed by atoms with Crippen molar-refractivity contribution in [3.8, 4) is 11.4 Å². The van der Waals surface area contributed by atoms with Crippen molar-refractivity contribution < 1.29 is 22.5 Å². The van der Waals surface area contributed by atoms with Crippen LogP contribution in [0.3, 0.4) is 0 Å². The third-order valence-electron chi connectivity index (χ3n) is 3.91. The number of sulfonamides is 1. The lowest BCUT2D eigenvalue weighted by atomic mass is 10.2. The molecule has 144 valence electrons. The molecule has 0 amide bonds. The number of benzene rings is 1. The molecule has 1 aliphatic rings. The summed E-state index contributed by atoms with van der Waals surface area (Å²) >= 11 is 1.51. The minimum atomic E-state index is -3.67. The summed E-state index contributed by atoms with van der Waals surface area (Å²) in [5.74, 6) is 0.0304. The van der Waals surface area contributed by atoms with E-state index in [1.165, 1.54) is 24.3 Å². The number of carbonyl (C=O) groups excluding carboxylic acids is 1. The van der Waals surface area contributed by atoms with E-state index in [-0.39, 0.29) is 23.2 Å². The number of nitrogens with one attached hydrogen (secondary N) is 1. The molecule has 11 heteroatoms. The Morgan fingerprint density at radius 3 is 2.96 bits per heavy atom. The minimum Gasteiger partial charge on any atom is -0.454 e. The maximum Gasteiger partial charge on any atom is 0.331 e. The normalized spacial score (nSPS) is 17.1. The average molecular weight is 418 g/mol. The Kier molecular flexibility index (Phi) is 4.69. The van der Waals surface area contributed by atoms with Crippen LogP contribution in [0.4, 0.5) is 0 Å². The number of hydrogen-bond acceptors (Lipinski definition) is 9. The van der Waals surface area contributed by atoms with E-state index >= 15 is 0 Å². The monoisotopic (exact) mass is 418 g/mol. The molecule has 1 atom stereocenters. The largest absolute Gasteiger partial charge is 0.454 e. The van der Waals surface area contributed by atoms with Gasteiger partial charge in [0.15, 0.2) is 6.61 Å². The second-order valence-electron chi connectivity index (χ2n) is 5.89. The molecule has 0 spiro atoms. The van der Waals surface area contributed by atoms with E-state index < -0.39 is 22.0 Å². The van der Waals surface area contributed by atoms with Crippen LogP contribution in [0.2, 0.25) is 0 Å². The van der Waals surface area contributed by atoms with Gasteiger partial charge in [0, 0.05) is 16.5 Å². The number of esters is 1.